The third-order valence-electron chi connectivity index (χ3n) is 3.35. The van der Waals surface area contributed by atoms with Crippen LogP contribution < -0.4 is 0 Å². The van der Waals surface area contributed by atoms with E-state index in [0.29, 0.717) is 0 Å². The number of amides is 1. The van der Waals surface area contributed by atoms with Crippen molar-refractivity contribution >= 4 is 17.8 Å². The molecule has 1 aliphatic heterocycles. The number of carbonyl (C=O) groups is 3. The molecule has 112 valence electrons. The van der Waals surface area contributed by atoms with Crippen molar-refractivity contribution in [3.63, 3.8) is 0 Å². The number of aliphatic carboxylic acids is 1. The monoisotopic (exact) mass is 291 g/mol. The van der Waals surface area contributed by atoms with E-state index in [-0.39, 0.29) is 44.2 Å². The van der Waals surface area contributed by atoms with Gasteiger partial charge in [0.1, 0.15) is 6.61 Å². The van der Waals surface area contributed by atoms with Crippen molar-refractivity contribution in [1.82, 2.24) is 4.90 Å². The number of nitrogens with zero attached hydrogens (tertiary/aromatic N) is 1. The van der Waals surface area contributed by atoms with Gasteiger partial charge in [-0.1, -0.05) is 30.3 Å². The summed E-state index contributed by atoms with van der Waals surface area (Å²) in [6.45, 7) is 0.184. The predicted octanol–water partition coefficient (Wildman–Crippen LogP) is 2.00. The van der Waals surface area contributed by atoms with Crippen LogP contribution in [-0.4, -0.2) is 41.0 Å². The van der Waals surface area contributed by atoms with Crippen LogP contribution in [0.5, 0.6) is 0 Å². The molecule has 1 atom stereocenters. The Morgan fingerprint density at radius 3 is 2.62 bits per heavy atom. The summed E-state index contributed by atoms with van der Waals surface area (Å²) in [4.78, 5) is 35.4. The molecule has 0 radical (unpaired) electrons. The molecule has 21 heavy (non-hydrogen) atoms. The Morgan fingerprint density at radius 1 is 1.24 bits per heavy atom. The summed E-state index contributed by atoms with van der Waals surface area (Å²) in [7, 11) is 0. The van der Waals surface area contributed by atoms with Gasteiger partial charge in [0.25, 0.3) is 0 Å². The zero-order valence-electron chi connectivity index (χ0n) is 11.5. The van der Waals surface area contributed by atoms with Crippen LogP contribution in [0.25, 0.3) is 0 Å². The van der Waals surface area contributed by atoms with E-state index in [9.17, 15) is 14.4 Å². The highest BCUT2D eigenvalue weighted by Crippen LogP contribution is 2.27. The summed E-state index contributed by atoms with van der Waals surface area (Å²) in [5, 5.41) is 8.55. The molecule has 1 aliphatic rings. The van der Waals surface area contributed by atoms with Crippen molar-refractivity contribution in [3.8, 4) is 0 Å². The first kappa shape index (κ1) is 15.0. The van der Waals surface area contributed by atoms with Crippen LogP contribution >= 0.6 is 0 Å². The predicted molar refractivity (Wildman–Crippen MR) is 73.7 cm³/mol. The second kappa shape index (κ2) is 6.88. The summed E-state index contributed by atoms with van der Waals surface area (Å²) in [6, 6.07) is 9.11. The second-order valence-electron chi connectivity index (χ2n) is 4.92. The van der Waals surface area contributed by atoms with Crippen LogP contribution in [0.2, 0.25) is 0 Å². The topological polar surface area (TPSA) is 83.9 Å². The fourth-order valence-corrected chi connectivity index (χ4v) is 2.28. The number of hydrogen-bond acceptors (Lipinski definition) is 4. The van der Waals surface area contributed by atoms with Crippen LogP contribution in [0.4, 0.5) is 4.79 Å². The van der Waals surface area contributed by atoms with Gasteiger partial charge in [-0.3, -0.25) is 14.5 Å². The first-order valence-electron chi connectivity index (χ1n) is 6.80. The fourth-order valence-electron chi connectivity index (χ4n) is 2.28. The van der Waals surface area contributed by atoms with Crippen LogP contribution in [0.1, 0.15) is 30.9 Å². The van der Waals surface area contributed by atoms with Gasteiger partial charge in [-0.15, -0.1) is 0 Å². The van der Waals surface area contributed by atoms with E-state index < -0.39 is 12.1 Å². The minimum Gasteiger partial charge on any atom is -0.481 e. The van der Waals surface area contributed by atoms with Gasteiger partial charge in [0.2, 0.25) is 0 Å². The molecule has 0 aromatic heterocycles. The number of rotatable bonds is 7. The lowest BCUT2D eigenvalue weighted by molar-refractivity contribution is -0.137. The van der Waals surface area contributed by atoms with E-state index >= 15 is 0 Å². The van der Waals surface area contributed by atoms with Crippen LogP contribution in [-0.2, 0) is 14.3 Å². The van der Waals surface area contributed by atoms with E-state index in [1.807, 2.05) is 30.3 Å². The molecule has 0 saturated carbocycles. The Bertz CT molecular complexity index is 528. The lowest BCUT2D eigenvalue weighted by Gasteiger charge is -2.20. The molecule has 0 spiro atoms. The Kier molecular flexibility index (Phi) is 4.92. The van der Waals surface area contributed by atoms with Gasteiger partial charge in [-0.2, -0.15) is 0 Å². The molecule has 2 rings (SSSR count). The number of ketones is 1. The van der Waals surface area contributed by atoms with Crippen molar-refractivity contribution in [2.45, 2.75) is 25.3 Å². The van der Waals surface area contributed by atoms with Gasteiger partial charge in [-0.25, -0.2) is 4.79 Å². The molecule has 1 heterocycles. The molecule has 0 bridgehead atoms. The van der Waals surface area contributed by atoms with Crippen molar-refractivity contribution in [3.05, 3.63) is 35.9 Å². The van der Waals surface area contributed by atoms with Crippen molar-refractivity contribution in [1.29, 1.82) is 0 Å². The summed E-state index contributed by atoms with van der Waals surface area (Å²) in [5.41, 5.74) is 0.918. The van der Waals surface area contributed by atoms with E-state index in [1.54, 1.807) is 0 Å². The van der Waals surface area contributed by atoms with E-state index in [4.69, 9.17) is 9.84 Å². The van der Waals surface area contributed by atoms with Crippen molar-refractivity contribution in [2.24, 2.45) is 0 Å². The summed E-state index contributed by atoms with van der Waals surface area (Å²) in [6.07, 6.45) is -0.112. The maximum Gasteiger partial charge on any atom is 0.410 e. The first-order valence-corrected chi connectivity index (χ1v) is 6.80. The average molecular weight is 291 g/mol. The summed E-state index contributed by atoms with van der Waals surface area (Å²) >= 11 is 0. The average Bonchev–Trinajstić information content (AvgIpc) is 2.81. The molecule has 1 aromatic carbocycles. The highest BCUT2D eigenvalue weighted by molar-refractivity contribution is 5.85. The van der Waals surface area contributed by atoms with Gasteiger partial charge >= 0.3 is 12.1 Å². The van der Waals surface area contributed by atoms with Gasteiger partial charge in [0.05, 0.1) is 12.6 Å². The molecule has 1 fully saturated rings. The van der Waals surface area contributed by atoms with Crippen LogP contribution in [0.3, 0.4) is 0 Å². The minimum atomic E-state index is -0.925. The Morgan fingerprint density at radius 2 is 1.95 bits per heavy atom. The zero-order chi connectivity index (χ0) is 15.2. The number of hydrogen-bond donors (Lipinski definition) is 1. The number of benzene rings is 1. The smallest absolute Gasteiger partial charge is 0.410 e. The van der Waals surface area contributed by atoms with Crippen LogP contribution in [0.15, 0.2) is 30.3 Å². The van der Waals surface area contributed by atoms with Crippen molar-refractivity contribution in [2.75, 3.05) is 13.2 Å². The fraction of sp³-hybridized carbons (Fsp3) is 0.400. The van der Waals surface area contributed by atoms with Crippen LogP contribution in [0, 0.1) is 0 Å². The van der Waals surface area contributed by atoms with Gasteiger partial charge in [-0.05, 0) is 12.0 Å². The van der Waals surface area contributed by atoms with E-state index in [2.05, 4.69) is 0 Å². The number of carboxylic acids is 1. The molecule has 1 aromatic rings. The second-order valence-corrected chi connectivity index (χ2v) is 4.92. The van der Waals surface area contributed by atoms with E-state index in [1.165, 1.54) is 4.90 Å². The number of cyclic esters (lactones) is 1. The molecular formula is C15H17NO5. The largest absolute Gasteiger partial charge is 0.481 e. The molecule has 6 nitrogen and oxygen atoms in total. The SMILES string of the molecule is O=C(O)CCCC(=O)CN1C(=O)OC[C@@H]1c1ccccc1. The van der Waals surface area contributed by atoms with Gasteiger partial charge in [0, 0.05) is 12.8 Å². The number of carboxylic acid groups (broad SMARTS) is 1. The first-order chi connectivity index (χ1) is 10.1. The molecule has 1 N–H and O–H groups in total. The van der Waals surface area contributed by atoms with Crippen molar-refractivity contribution < 1.29 is 24.2 Å². The lowest BCUT2D eigenvalue weighted by atomic mass is 10.1. The van der Waals surface area contributed by atoms with Gasteiger partial charge in [0.15, 0.2) is 5.78 Å². The maximum absolute atomic E-state index is 11.9. The minimum absolute atomic E-state index is 0.0434. The van der Waals surface area contributed by atoms with Gasteiger partial charge < -0.3 is 9.84 Å². The maximum atomic E-state index is 11.9. The normalized spacial score (nSPS) is 17.6. The highest BCUT2D eigenvalue weighted by atomic mass is 16.6. The third-order valence-corrected chi connectivity index (χ3v) is 3.35. The highest BCUT2D eigenvalue weighted by Gasteiger charge is 2.34. The number of carbonyl (C=O) groups excluding carboxylic acids is 2. The summed E-state index contributed by atoms with van der Waals surface area (Å²) in [5.74, 6) is -1.08. The number of ether oxygens (including phenoxy) is 1. The Balaban J connectivity index is 1.95. The number of Topliss-reactive ketones (excluding diaryl/α,β-unsaturated/α-hetero) is 1. The molecule has 6 heteroatoms. The summed E-state index contributed by atoms with van der Waals surface area (Å²) < 4.78 is 5.02. The molecule has 0 aliphatic carbocycles. The third kappa shape index (κ3) is 4.05. The quantitative estimate of drug-likeness (QED) is 0.830. The molecular weight excluding hydrogens is 274 g/mol. The Hall–Kier alpha value is -2.37. The lowest BCUT2D eigenvalue weighted by Crippen LogP contribution is -2.33. The molecule has 1 amide bonds. The Labute approximate surface area is 122 Å². The van der Waals surface area contributed by atoms with E-state index in [0.717, 1.165) is 5.56 Å². The molecule has 1 saturated heterocycles. The standard InChI is InChI=1S/C15H17NO5/c17-12(7-4-8-14(18)19)9-16-13(10-21-15(16)20)11-5-2-1-3-6-11/h1-3,5-6,13H,4,7-10H2,(H,18,19)/t13-/m1/s1. The zero-order valence-corrected chi connectivity index (χ0v) is 11.5. The molecule has 0 unspecified atom stereocenters.